The van der Waals surface area contributed by atoms with Gasteiger partial charge in [0.2, 0.25) is 0 Å². The first-order chi connectivity index (χ1) is 17.4. The van der Waals surface area contributed by atoms with Crippen LogP contribution in [0, 0.1) is 5.92 Å². The van der Waals surface area contributed by atoms with Crippen molar-refractivity contribution in [2.24, 2.45) is 11.7 Å². The van der Waals surface area contributed by atoms with E-state index in [4.69, 9.17) is 15.2 Å². The Hall–Kier alpha value is -2.65. The average molecular weight is 575 g/mol. The van der Waals surface area contributed by atoms with Crippen LogP contribution in [-0.2, 0) is 9.59 Å². The second kappa shape index (κ2) is 12.1. The van der Waals surface area contributed by atoms with Gasteiger partial charge < -0.3 is 25.4 Å². The molecule has 1 unspecified atom stereocenters. The van der Waals surface area contributed by atoms with Crippen molar-refractivity contribution in [1.82, 2.24) is 4.90 Å². The number of carbonyl (C=O) groups excluding carboxylic acids is 2. The van der Waals surface area contributed by atoms with Crippen LogP contribution in [0.1, 0.15) is 45.1 Å². The number of thioether (sulfide) groups is 1. The minimum atomic E-state index is -0.572. The Morgan fingerprint density at radius 3 is 2.67 bits per heavy atom. The molecule has 1 saturated heterocycles. The molecule has 2 fully saturated rings. The van der Waals surface area contributed by atoms with E-state index in [2.05, 4.69) is 28.2 Å². The zero-order valence-corrected chi connectivity index (χ0v) is 22.9. The predicted molar refractivity (Wildman–Crippen MR) is 148 cm³/mol. The van der Waals surface area contributed by atoms with Crippen LogP contribution in [0.3, 0.4) is 0 Å². The van der Waals surface area contributed by atoms with Crippen molar-refractivity contribution >= 4 is 51.3 Å². The molecule has 192 valence electrons. The lowest BCUT2D eigenvalue weighted by Crippen LogP contribution is -2.48. The topological polar surface area (TPSA) is 93.9 Å². The summed E-state index contributed by atoms with van der Waals surface area (Å²) in [4.78, 5) is 27.7. The first-order valence-electron chi connectivity index (χ1n) is 12.3. The van der Waals surface area contributed by atoms with Crippen LogP contribution in [0.5, 0.6) is 11.5 Å². The number of hydrogen-bond acceptors (Lipinski definition) is 6. The van der Waals surface area contributed by atoms with E-state index in [1.807, 2.05) is 60.4 Å². The maximum Gasteiger partial charge on any atom is 0.262 e. The number of nitrogens with zero attached hydrogens (tertiary/aromatic N) is 1. The lowest BCUT2D eigenvalue weighted by Gasteiger charge is -2.39. The van der Waals surface area contributed by atoms with E-state index in [0.29, 0.717) is 33.4 Å². The number of ether oxygens (including phenoxy) is 2. The molecule has 2 aromatic rings. The van der Waals surface area contributed by atoms with Crippen LogP contribution >= 0.6 is 27.7 Å². The zero-order valence-electron chi connectivity index (χ0n) is 20.5. The number of carbonyl (C=O) groups is 2. The number of amides is 2. The Bertz CT molecular complexity index is 1130. The van der Waals surface area contributed by atoms with E-state index in [-0.39, 0.29) is 24.1 Å². The Labute approximate surface area is 224 Å². The maximum absolute atomic E-state index is 13.8. The lowest BCUT2D eigenvalue weighted by atomic mass is 9.85. The Kier molecular flexibility index (Phi) is 8.85. The summed E-state index contributed by atoms with van der Waals surface area (Å²) in [5.41, 5.74) is 6.83. The molecule has 1 heterocycles. The van der Waals surface area contributed by atoms with Gasteiger partial charge in [-0.1, -0.05) is 49.7 Å². The summed E-state index contributed by atoms with van der Waals surface area (Å²) >= 11 is 5.05. The number of benzene rings is 2. The Balaban J connectivity index is 1.66. The van der Waals surface area contributed by atoms with Gasteiger partial charge in [-0.3, -0.25) is 9.59 Å². The summed E-state index contributed by atoms with van der Waals surface area (Å²) in [7, 11) is 0. The highest BCUT2D eigenvalue weighted by atomic mass is 79.9. The molecule has 1 saturated carbocycles. The smallest absolute Gasteiger partial charge is 0.262 e. The van der Waals surface area contributed by atoms with E-state index >= 15 is 0 Å². The molecule has 7 nitrogen and oxygen atoms in total. The molecule has 3 N–H and O–H groups in total. The monoisotopic (exact) mass is 573 g/mol. The molecule has 0 radical (unpaired) electrons. The molecule has 9 heteroatoms. The molecular weight excluding hydrogens is 542 g/mol. The predicted octanol–water partition coefficient (Wildman–Crippen LogP) is 5.60. The van der Waals surface area contributed by atoms with Gasteiger partial charge in [-0.15, -0.1) is 0 Å². The SMILES string of the molecule is CCOc1cc(/C=C2\SC(Nc3ccccc3)N([C@H]3CCCC[C@@H]3C)C2=O)cc(Br)c1OCC(N)=O. The lowest BCUT2D eigenvalue weighted by molar-refractivity contribution is -0.129. The number of para-hydroxylation sites is 1. The Morgan fingerprint density at radius 2 is 1.97 bits per heavy atom. The van der Waals surface area contributed by atoms with Crippen LogP contribution in [-0.4, -0.2) is 41.5 Å². The Morgan fingerprint density at radius 1 is 1.22 bits per heavy atom. The molecule has 1 aliphatic heterocycles. The third kappa shape index (κ3) is 6.18. The standard InChI is InChI=1S/C27H32BrN3O4S/c1-3-34-22-14-18(13-20(28)25(22)35-16-24(29)32)15-23-26(33)31(21-12-8-7-9-17(21)2)27(36-23)30-19-10-5-4-6-11-19/h4-6,10-11,13-15,17,21,27,30H,3,7-9,12,16H2,1-2H3,(H2,29,32)/b23-15-/t17-,21-,27?/m0/s1. The minimum absolute atomic E-state index is 0.0373. The summed E-state index contributed by atoms with van der Waals surface area (Å²) in [5, 5.41) is 3.56. The largest absolute Gasteiger partial charge is 0.490 e. The fraction of sp³-hybridized carbons (Fsp3) is 0.407. The second-order valence-corrected chi connectivity index (χ2v) is 11.0. The first kappa shape index (κ1) is 26.4. The molecule has 36 heavy (non-hydrogen) atoms. The van der Waals surface area contributed by atoms with Crippen molar-refractivity contribution in [1.29, 1.82) is 0 Å². The van der Waals surface area contributed by atoms with Gasteiger partial charge in [0.25, 0.3) is 11.8 Å². The fourth-order valence-electron chi connectivity index (χ4n) is 4.74. The van der Waals surface area contributed by atoms with Crippen molar-refractivity contribution in [2.75, 3.05) is 18.5 Å². The van der Waals surface area contributed by atoms with E-state index in [1.54, 1.807) is 0 Å². The molecule has 0 spiro atoms. The second-order valence-electron chi connectivity index (χ2n) is 9.05. The molecule has 0 bridgehead atoms. The van der Waals surface area contributed by atoms with Gasteiger partial charge in [0.1, 0.15) is 0 Å². The summed E-state index contributed by atoms with van der Waals surface area (Å²) in [6.07, 6.45) is 6.39. The van der Waals surface area contributed by atoms with Crippen LogP contribution in [0.25, 0.3) is 6.08 Å². The van der Waals surface area contributed by atoms with Crippen LogP contribution in [0.2, 0.25) is 0 Å². The average Bonchev–Trinajstić information content (AvgIpc) is 3.13. The molecule has 0 aromatic heterocycles. The van der Waals surface area contributed by atoms with Crippen molar-refractivity contribution in [2.45, 2.75) is 51.1 Å². The number of nitrogens with one attached hydrogen (secondary N) is 1. The number of nitrogens with two attached hydrogens (primary N) is 1. The van der Waals surface area contributed by atoms with Gasteiger partial charge in [-0.25, -0.2) is 0 Å². The highest BCUT2D eigenvalue weighted by Gasteiger charge is 2.42. The first-order valence-corrected chi connectivity index (χ1v) is 13.9. The third-order valence-corrected chi connectivity index (χ3v) is 8.12. The summed E-state index contributed by atoms with van der Waals surface area (Å²) in [6, 6.07) is 13.9. The minimum Gasteiger partial charge on any atom is -0.490 e. The van der Waals surface area contributed by atoms with Crippen molar-refractivity contribution < 1.29 is 19.1 Å². The van der Waals surface area contributed by atoms with Gasteiger partial charge in [-0.05, 0) is 77.5 Å². The van der Waals surface area contributed by atoms with Gasteiger partial charge in [0, 0.05) is 11.7 Å². The number of hydrogen-bond donors (Lipinski definition) is 2. The highest BCUT2D eigenvalue weighted by Crippen LogP contribution is 2.43. The number of halogens is 1. The molecule has 3 atom stereocenters. The quantitative estimate of drug-likeness (QED) is 0.379. The summed E-state index contributed by atoms with van der Waals surface area (Å²) in [5.74, 6) is 0.799. The van der Waals surface area contributed by atoms with E-state index in [1.165, 1.54) is 18.2 Å². The van der Waals surface area contributed by atoms with Crippen molar-refractivity contribution in [3.8, 4) is 11.5 Å². The van der Waals surface area contributed by atoms with Gasteiger partial charge in [-0.2, -0.15) is 0 Å². The molecule has 1 aliphatic carbocycles. The molecule has 4 rings (SSSR count). The highest BCUT2D eigenvalue weighted by molar-refractivity contribution is 9.10. The zero-order chi connectivity index (χ0) is 25.7. The van der Waals surface area contributed by atoms with Crippen LogP contribution in [0.4, 0.5) is 5.69 Å². The molecule has 2 amide bonds. The molecular formula is C27H32BrN3O4S. The summed E-state index contributed by atoms with van der Waals surface area (Å²) in [6.45, 7) is 4.29. The van der Waals surface area contributed by atoms with E-state index < -0.39 is 5.91 Å². The van der Waals surface area contributed by atoms with Gasteiger partial charge >= 0.3 is 0 Å². The van der Waals surface area contributed by atoms with Crippen molar-refractivity contribution in [3.63, 3.8) is 0 Å². The van der Waals surface area contributed by atoms with Gasteiger partial charge in [0.05, 0.1) is 16.0 Å². The van der Waals surface area contributed by atoms with E-state index in [0.717, 1.165) is 30.5 Å². The van der Waals surface area contributed by atoms with Crippen LogP contribution < -0.4 is 20.5 Å². The van der Waals surface area contributed by atoms with E-state index in [9.17, 15) is 9.59 Å². The molecule has 2 aliphatic rings. The fourth-order valence-corrected chi connectivity index (χ4v) is 6.52. The summed E-state index contributed by atoms with van der Waals surface area (Å²) < 4.78 is 11.9. The van der Waals surface area contributed by atoms with Crippen LogP contribution in [0.15, 0.2) is 51.8 Å². The number of primary amides is 1. The van der Waals surface area contributed by atoms with Crippen molar-refractivity contribution in [3.05, 3.63) is 57.4 Å². The van der Waals surface area contributed by atoms with Gasteiger partial charge in [0.15, 0.2) is 23.6 Å². The maximum atomic E-state index is 13.8. The normalized spacial score (nSPS) is 23.1. The third-order valence-electron chi connectivity index (χ3n) is 6.41. The number of rotatable bonds is 9. The molecule has 2 aromatic carbocycles. The number of anilines is 1.